The fourth-order valence-corrected chi connectivity index (χ4v) is 2.35. The van der Waals surface area contributed by atoms with E-state index in [-0.39, 0.29) is 11.5 Å². The third-order valence-corrected chi connectivity index (χ3v) is 3.50. The Morgan fingerprint density at radius 2 is 2.04 bits per heavy atom. The fourth-order valence-electron chi connectivity index (χ4n) is 1.76. The molecule has 23 heavy (non-hydrogen) atoms. The molecular weight excluding hydrogens is 322 g/mol. The minimum Gasteiger partial charge on any atom is -0.484 e. The minimum atomic E-state index is -2.57. The second kappa shape index (κ2) is 8.15. The number of anilines is 1. The Bertz CT molecular complexity index is 732. The number of carbonyl (C=O) groups is 1. The largest absolute Gasteiger partial charge is 0.484 e. The average molecular weight is 334 g/mol. The molecule has 0 aliphatic heterocycles. The summed E-state index contributed by atoms with van der Waals surface area (Å²) in [6.45, 7) is -0.289. The van der Waals surface area contributed by atoms with Gasteiger partial charge in [0.25, 0.3) is 11.7 Å². The van der Waals surface area contributed by atoms with Gasteiger partial charge in [0.05, 0.1) is 17.3 Å². The smallest absolute Gasteiger partial charge is 0.288 e. The molecule has 1 N–H and O–H groups in total. The molecule has 0 aromatic heterocycles. The third-order valence-electron chi connectivity index (χ3n) is 2.71. The van der Waals surface area contributed by atoms with E-state index in [0.29, 0.717) is 28.8 Å². The summed E-state index contributed by atoms with van der Waals surface area (Å²) in [4.78, 5) is 12.2. The van der Waals surface area contributed by atoms with Crippen molar-refractivity contribution >= 4 is 23.4 Å². The van der Waals surface area contributed by atoms with Crippen LogP contribution in [0.3, 0.4) is 0 Å². The molecule has 0 aliphatic rings. The van der Waals surface area contributed by atoms with Gasteiger partial charge < -0.3 is 10.1 Å². The molecule has 0 fully saturated rings. The van der Waals surface area contributed by atoms with Gasteiger partial charge >= 0.3 is 0 Å². The van der Waals surface area contributed by atoms with Crippen LogP contribution in [0.2, 0.25) is 0 Å². The van der Waals surface area contributed by atoms with Crippen LogP contribution in [0.15, 0.2) is 53.4 Å². The number of nitrogens with one attached hydrogen (secondary N) is 1. The van der Waals surface area contributed by atoms with E-state index < -0.39 is 11.7 Å². The first-order chi connectivity index (χ1) is 11.1. The molecule has 0 saturated carbocycles. The molecule has 2 aromatic carbocycles. The Morgan fingerprint density at radius 3 is 2.78 bits per heavy atom. The minimum absolute atomic E-state index is 0.280. The maximum Gasteiger partial charge on any atom is 0.288 e. The van der Waals surface area contributed by atoms with E-state index in [9.17, 15) is 13.6 Å². The highest BCUT2D eigenvalue weighted by molar-refractivity contribution is 7.99. The molecule has 0 radical (unpaired) electrons. The first-order valence-corrected chi connectivity index (χ1v) is 7.43. The lowest BCUT2D eigenvalue weighted by Gasteiger charge is -2.11. The molecule has 4 nitrogen and oxygen atoms in total. The maximum absolute atomic E-state index is 12.5. The van der Waals surface area contributed by atoms with Gasteiger partial charge in [-0.15, -0.1) is 0 Å². The second-order valence-corrected chi connectivity index (χ2v) is 5.38. The lowest BCUT2D eigenvalue weighted by atomic mass is 10.2. The Balaban J connectivity index is 1.96. The number of nitriles is 1. The monoisotopic (exact) mass is 334 g/mol. The van der Waals surface area contributed by atoms with E-state index >= 15 is 0 Å². The van der Waals surface area contributed by atoms with E-state index in [1.54, 1.807) is 36.4 Å². The number of nitrogens with zero attached hydrogens (tertiary/aromatic N) is 1. The Morgan fingerprint density at radius 1 is 1.26 bits per heavy atom. The number of ether oxygens (including phenoxy) is 1. The van der Waals surface area contributed by atoms with E-state index in [0.717, 1.165) is 0 Å². The second-order valence-electron chi connectivity index (χ2n) is 4.35. The Kier molecular flexibility index (Phi) is 5.94. The van der Waals surface area contributed by atoms with Crippen LogP contribution >= 0.6 is 11.8 Å². The van der Waals surface area contributed by atoms with Gasteiger partial charge in [0, 0.05) is 4.90 Å². The van der Waals surface area contributed by atoms with E-state index in [2.05, 4.69) is 5.32 Å². The van der Waals surface area contributed by atoms with Crippen LogP contribution < -0.4 is 10.1 Å². The van der Waals surface area contributed by atoms with Crippen LogP contribution in [0.25, 0.3) is 0 Å². The van der Waals surface area contributed by atoms with Crippen LogP contribution in [-0.4, -0.2) is 18.3 Å². The molecule has 0 aliphatic carbocycles. The SMILES string of the molecule is N#Cc1cccc(OCC(=O)Nc2ccccc2SC(F)F)c1. The third kappa shape index (κ3) is 5.27. The molecule has 7 heteroatoms. The Labute approximate surface area is 136 Å². The first kappa shape index (κ1) is 16.8. The summed E-state index contributed by atoms with van der Waals surface area (Å²) in [5.41, 5.74) is 0.721. The Hall–Kier alpha value is -2.59. The van der Waals surface area contributed by atoms with Crippen molar-refractivity contribution in [1.82, 2.24) is 0 Å². The summed E-state index contributed by atoms with van der Waals surface area (Å²) in [7, 11) is 0. The molecule has 0 saturated heterocycles. The van der Waals surface area contributed by atoms with Crippen molar-refractivity contribution < 1.29 is 18.3 Å². The quantitative estimate of drug-likeness (QED) is 0.814. The predicted molar refractivity (Wildman–Crippen MR) is 83.6 cm³/mol. The summed E-state index contributed by atoms with van der Waals surface area (Å²) in [6.07, 6.45) is 0. The number of benzene rings is 2. The molecule has 0 unspecified atom stereocenters. The molecule has 0 bridgehead atoms. The number of para-hydroxylation sites is 1. The number of rotatable bonds is 6. The van der Waals surface area contributed by atoms with Gasteiger partial charge in [-0.3, -0.25) is 4.79 Å². The average Bonchev–Trinajstić information content (AvgIpc) is 2.54. The van der Waals surface area contributed by atoms with Crippen LogP contribution in [-0.2, 0) is 4.79 Å². The molecule has 118 valence electrons. The summed E-state index contributed by atoms with van der Waals surface area (Å²) in [5, 5.41) is 11.3. The van der Waals surface area contributed by atoms with Gasteiger partial charge in [0.15, 0.2) is 6.61 Å². The van der Waals surface area contributed by atoms with E-state index in [4.69, 9.17) is 10.00 Å². The van der Waals surface area contributed by atoms with Crippen LogP contribution in [0.4, 0.5) is 14.5 Å². The maximum atomic E-state index is 12.5. The number of carbonyl (C=O) groups excluding carboxylic acids is 1. The van der Waals surface area contributed by atoms with Gasteiger partial charge in [-0.2, -0.15) is 14.0 Å². The van der Waals surface area contributed by atoms with Gasteiger partial charge in [-0.25, -0.2) is 0 Å². The summed E-state index contributed by atoms with van der Waals surface area (Å²) in [5.74, 6) is -2.66. The van der Waals surface area contributed by atoms with Crippen molar-refractivity contribution in [3.63, 3.8) is 0 Å². The van der Waals surface area contributed by atoms with Crippen LogP contribution in [0.5, 0.6) is 5.75 Å². The first-order valence-electron chi connectivity index (χ1n) is 6.55. The van der Waals surface area contributed by atoms with Crippen molar-refractivity contribution in [2.45, 2.75) is 10.7 Å². The topological polar surface area (TPSA) is 62.1 Å². The highest BCUT2D eigenvalue weighted by Gasteiger charge is 2.12. The van der Waals surface area contributed by atoms with Gasteiger partial charge in [0.1, 0.15) is 5.75 Å². The lowest BCUT2D eigenvalue weighted by molar-refractivity contribution is -0.118. The molecule has 2 aromatic rings. The number of amides is 1. The number of hydrogen-bond acceptors (Lipinski definition) is 4. The van der Waals surface area contributed by atoms with Crippen LogP contribution in [0, 0.1) is 11.3 Å². The van der Waals surface area contributed by atoms with E-state index in [1.807, 2.05) is 6.07 Å². The number of alkyl halides is 2. The van der Waals surface area contributed by atoms with Crippen molar-refractivity contribution in [3.05, 3.63) is 54.1 Å². The zero-order valence-electron chi connectivity index (χ0n) is 11.8. The normalized spacial score (nSPS) is 10.2. The highest BCUT2D eigenvalue weighted by atomic mass is 32.2. The van der Waals surface area contributed by atoms with Gasteiger partial charge in [-0.05, 0) is 30.3 Å². The predicted octanol–water partition coefficient (Wildman–Crippen LogP) is 3.89. The van der Waals surface area contributed by atoms with Crippen molar-refractivity contribution in [2.24, 2.45) is 0 Å². The molecule has 1 amide bonds. The van der Waals surface area contributed by atoms with E-state index in [1.165, 1.54) is 12.1 Å². The van der Waals surface area contributed by atoms with Gasteiger partial charge in [-0.1, -0.05) is 30.0 Å². The highest BCUT2D eigenvalue weighted by Crippen LogP contribution is 2.31. The van der Waals surface area contributed by atoms with Crippen molar-refractivity contribution in [3.8, 4) is 11.8 Å². The summed E-state index contributed by atoms with van der Waals surface area (Å²) in [6, 6.07) is 14.6. The molecule has 0 spiro atoms. The lowest BCUT2D eigenvalue weighted by Crippen LogP contribution is -2.20. The van der Waals surface area contributed by atoms with Crippen molar-refractivity contribution in [2.75, 3.05) is 11.9 Å². The zero-order valence-corrected chi connectivity index (χ0v) is 12.6. The zero-order chi connectivity index (χ0) is 16.7. The number of thioether (sulfide) groups is 1. The molecule has 2 rings (SSSR count). The molecule has 0 atom stereocenters. The summed E-state index contributed by atoms with van der Waals surface area (Å²) >= 11 is 0.362. The van der Waals surface area contributed by atoms with Gasteiger partial charge in [0.2, 0.25) is 0 Å². The van der Waals surface area contributed by atoms with Crippen molar-refractivity contribution in [1.29, 1.82) is 5.26 Å². The number of halogens is 2. The van der Waals surface area contributed by atoms with Crippen LogP contribution in [0.1, 0.15) is 5.56 Å². The number of hydrogen-bond donors (Lipinski definition) is 1. The summed E-state index contributed by atoms with van der Waals surface area (Å²) < 4.78 is 30.2. The standard InChI is InChI=1S/C16H12F2N2O2S/c17-16(18)23-14-7-2-1-6-13(14)20-15(21)10-22-12-5-3-4-11(8-12)9-19/h1-8,16H,10H2,(H,20,21). The molecular formula is C16H12F2N2O2S. The molecule has 0 heterocycles. The fraction of sp³-hybridized carbons (Fsp3) is 0.125.